The number of rotatable bonds is 8. The molecule has 2 rings (SSSR count). The summed E-state index contributed by atoms with van der Waals surface area (Å²) in [5.41, 5.74) is -0.0326. The van der Waals surface area contributed by atoms with Gasteiger partial charge in [0, 0.05) is 11.1 Å². The van der Waals surface area contributed by atoms with Crippen LogP contribution in [0, 0.1) is 0 Å². The van der Waals surface area contributed by atoms with Gasteiger partial charge in [-0.1, -0.05) is 48.5 Å². The maximum absolute atomic E-state index is 12.8. The highest BCUT2D eigenvalue weighted by atomic mass is 16.6. The summed E-state index contributed by atoms with van der Waals surface area (Å²) in [6.45, 7) is 11.3. The monoisotopic (exact) mass is 497 g/mol. The topological polar surface area (TPSA) is 108 Å². The normalized spacial score (nSPS) is 13.2. The molecule has 0 spiro atoms. The Balaban J connectivity index is 2.11. The molecule has 0 bridgehead atoms. The van der Waals surface area contributed by atoms with E-state index in [-0.39, 0.29) is 5.78 Å². The molecule has 0 saturated heterocycles. The zero-order valence-electron chi connectivity index (χ0n) is 21.9. The summed E-state index contributed by atoms with van der Waals surface area (Å²) in [5.74, 6) is -2.28. The molecule has 0 aliphatic rings. The van der Waals surface area contributed by atoms with Crippen molar-refractivity contribution >= 4 is 23.8 Å². The molecule has 0 radical (unpaired) electrons. The van der Waals surface area contributed by atoms with E-state index in [1.54, 1.807) is 97.0 Å². The van der Waals surface area contributed by atoms with Crippen LogP contribution in [-0.4, -0.2) is 47.7 Å². The number of nitrogens with one attached hydrogen (secondary N) is 1. The van der Waals surface area contributed by atoms with Crippen molar-refractivity contribution in [2.75, 3.05) is 6.61 Å². The Hall–Kier alpha value is -3.68. The maximum Gasteiger partial charge on any atom is 0.408 e. The molecular weight excluding hydrogens is 462 g/mol. The molecule has 2 aromatic carbocycles. The van der Waals surface area contributed by atoms with Gasteiger partial charge in [-0.3, -0.25) is 9.59 Å². The van der Waals surface area contributed by atoms with Crippen molar-refractivity contribution in [3.63, 3.8) is 0 Å². The lowest BCUT2D eigenvalue weighted by molar-refractivity contribution is -0.161. The van der Waals surface area contributed by atoms with E-state index >= 15 is 0 Å². The van der Waals surface area contributed by atoms with Crippen LogP contribution in [0.2, 0.25) is 0 Å². The molecule has 1 N–H and O–H groups in total. The molecule has 0 saturated carbocycles. The molecule has 0 heterocycles. The van der Waals surface area contributed by atoms with Crippen LogP contribution in [0.5, 0.6) is 0 Å². The Labute approximate surface area is 212 Å². The van der Waals surface area contributed by atoms with Gasteiger partial charge in [-0.25, -0.2) is 9.59 Å². The van der Waals surface area contributed by atoms with Crippen molar-refractivity contribution in [2.45, 2.75) is 71.6 Å². The minimum Gasteiger partial charge on any atom is -0.462 e. The molecule has 8 heteroatoms. The van der Waals surface area contributed by atoms with E-state index < -0.39 is 47.8 Å². The smallest absolute Gasteiger partial charge is 0.408 e. The van der Waals surface area contributed by atoms with E-state index in [9.17, 15) is 19.2 Å². The lowest BCUT2D eigenvalue weighted by Gasteiger charge is -2.26. The van der Waals surface area contributed by atoms with Crippen LogP contribution in [0.15, 0.2) is 54.6 Å². The van der Waals surface area contributed by atoms with E-state index in [0.29, 0.717) is 16.7 Å². The number of esters is 2. The first-order valence-electron chi connectivity index (χ1n) is 11.7. The SMILES string of the molecule is CC(C(=O)OC[C@H](NC(=O)OC(C)(C)C)C(=O)OC(C)(C)C)c1cccc(C(=O)c2ccccc2)c1. The fourth-order valence-electron chi connectivity index (χ4n) is 3.12. The minimum atomic E-state index is -1.26. The van der Waals surface area contributed by atoms with Gasteiger partial charge in [-0.2, -0.15) is 0 Å². The number of hydrogen-bond donors (Lipinski definition) is 1. The number of hydrogen-bond acceptors (Lipinski definition) is 7. The summed E-state index contributed by atoms with van der Waals surface area (Å²) in [7, 11) is 0. The van der Waals surface area contributed by atoms with Crippen molar-refractivity contribution in [1.29, 1.82) is 0 Å². The van der Waals surface area contributed by atoms with Crippen LogP contribution in [0.1, 0.15) is 75.9 Å². The Kier molecular flexibility index (Phi) is 9.39. The summed E-state index contributed by atoms with van der Waals surface area (Å²) in [6, 6.07) is 14.3. The second-order valence-corrected chi connectivity index (χ2v) is 10.4. The zero-order chi connectivity index (χ0) is 27.1. The van der Waals surface area contributed by atoms with Gasteiger partial charge in [0.05, 0.1) is 5.92 Å². The van der Waals surface area contributed by atoms with Crippen LogP contribution in [0.3, 0.4) is 0 Å². The second-order valence-electron chi connectivity index (χ2n) is 10.4. The minimum absolute atomic E-state index is 0.162. The molecule has 0 aromatic heterocycles. The summed E-state index contributed by atoms with van der Waals surface area (Å²) < 4.78 is 15.9. The Bertz CT molecular complexity index is 1080. The average Bonchev–Trinajstić information content (AvgIpc) is 2.78. The standard InChI is InChI=1S/C28H35NO7/c1-18(20-14-11-15-21(16-20)23(30)19-12-9-8-10-13-19)24(31)34-17-22(25(32)35-27(2,3)4)29-26(33)36-28(5,6)7/h8-16,18,22H,17H2,1-7H3,(H,29,33)/t18?,22-/m0/s1. The molecule has 2 atom stereocenters. The van der Waals surface area contributed by atoms with Gasteiger partial charge in [-0.05, 0) is 60.1 Å². The first-order valence-corrected chi connectivity index (χ1v) is 11.7. The highest BCUT2D eigenvalue weighted by molar-refractivity contribution is 6.09. The van der Waals surface area contributed by atoms with E-state index in [2.05, 4.69) is 5.32 Å². The van der Waals surface area contributed by atoms with Gasteiger partial charge in [0.15, 0.2) is 11.8 Å². The fourth-order valence-corrected chi connectivity index (χ4v) is 3.12. The van der Waals surface area contributed by atoms with Gasteiger partial charge in [0.25, 0.3) is 0 Å². The number of benzene rings is 2. The molecular formula is C28H35NO7. The Morgan fingerprint density at radius 1 is 0.778 bits per heavy atom. The van der Waals surface area contributed by atoms with Crippen LogP contribution >= 0.6 is 0 Å². The summed E-state index contributed by atoms with van der Waals surface area (Å²) in [6.07, 6.45) is -0.838. The molecule has 0 aliphatic heterocycles. The molecule has 0 fully saturated rings. The summed E-state index contributed by atoms with van der Waals surface area (Å²) >= 11 is 0. The number of carbonyl (C=O) groups is 4. The van der Waals surface area contributed by atoms with Gasteiger partial charge in [0.2, 0.25) is 0 Å². The molecule has 36 heavy (non-hydrogen) atoms. The van der Waals surface area contributed by atoms with Gasteiger partial charge in [0.1, 0.15) is 17.8 Å². The van der Waals surface area contributed by atoms with Crippen LogP contribution in [0.4, 0.5) is 4.79 Å². The third-order valence-electron chi connectivity index (χ3n) is 4.81. The molecule has 194 valence electrons. The molecule has 0 aliphatic carbocycles. The number of amides is 1. The van der Waals surface area contributed by atoms with E-state index in [0.717, 1.165) is 0 Å². The zero-order valence-corrected chi connectivity index (χ0v) is 21.9. The number of ether oxygens (including phenoxy) is 3. The van der Waals surface area contributed by atoms with Crippen LogP contribution in [-0.2, 0) is 23.8 Å². The summed E-state index contributed by atoms with van der Waals surface area (Å²) in [5, 5.41) is 2.41. The molecule has 1 unspecified atom stereocenters. The lowest BCUT2D eigenvalue weighted by atomic mass is 9.96. The third-order valence-corrected chi connectivity index (χ3v) is 4.81. The van der Waals surface area contributed by atoms with Gasteiger partial charge < -0.3 is 19.5 Å². The fraction of sp³-hybridized carbons (Fsp3) is 0.429. The quantitative estimate of drug-likeness (QED) is 0.317. The van der Waals surface area contributed by atoms with Gasteiger partial charge in [-0.15, -0.1) is 0 Å². The van der Waals surface area contributed by atoms with Crippen molar-refractivity contribution in [2.24, 2.45) is 0 Å². The van der Waals surface area contributed by atoms with Crippen LogP contribution < -0.4 is 5.32 Å². The molecule has 8 nitrogen and oxygen atoms in total. The Morgan fingerprint density at radius 2 is 1.36 bits per heavy atom. The average molecular weight is 498 g/mol. The van der Waals surface area contributed by atoms with E-state index in [1.807, 2.05) is 6.07 Å². The number of alkyl carbamates (subject to hydrolysis) is 1. The highest BCUT2D eigenvalue weighted by Gasteiger charge is 2.31. The first kappa shape index (κ1) is 28.6. The predicted octanol–water partition coefficient (Wildman–Crippen LogP) is 4.80. The van der Waals surface area contributed by atoms with E-state index in [4.69, 9.17) is 14.2 Å². The van der Waals surface area contributed by atoms with Crippen molar-refractivity contribution < 1.29 is 33.4 Å². The summed E-state index contributed by atoms with van der Waals surface area (Å²) in [4.78, 5) is 50.5. The molecule has 1 amide bonds. The predicted molar refractivity (Wildman–Crippen MR) is 135 cm³/mol. The van der Waals surface area contributed by atoms with Crippen LogP contribution in [0.25, 0.3) is 0 Å². The Morgan fingerprint density at radius 3 is 1.94 bits per heavy atom. The largest absolute Gasteiger partial charge is 0.462 e. The van der Waals surface area contributed by atoms with Crippen molar-refractivity contribution in [3.8, 4) is 0 Å². The third kappa shape index (κ3) is 9.17. The van der Waals surface area contributed by atoms with Crippen molar-refractivity contribution in [1.82, 2.24) is 5.32 Å². The van der Waals surface area contributed by atoms with Gasteiger partial charge >= 0.3 is 18.0 Å². The second kappa shape index (κ2) is 11.8. The van der Waals surface area contributed by atoms with E-state index in [1.165, 1.54) is 0 Å². The highest BCUT2D eigenvalue weighted by Crippen LogP contribution is 2.20. The molecule has 2 aromatic rings. The number of carbonyl (C=O) groups excluding carboxylic acids is 4. The first-order chi connectivity index (χ1) is 16.7. The number of ketones is 1. The maximum atomic E-state index is 12.8. The lowest BCUT2D eigenvalue weighted by Crippen LogP contribution is -2.48. The van der Waals surface area contributed by atoms with Crippen molar-refractivity contribution in [3.05, 3.63) is 71.3 Å².